The second-order valence-electron chi connectivity index (χ2n) is 6.46. The van der Waals surface area contributed by atoms with Gasteiger partial charge in [-0.2, -0.15) is 5.10 Å². The molecule has 118 valence electrons. The number of H-pyrrole nitrogens is 1. The zero-order valence-corrected chi connectivity index (χ0v) is 13.6. The molecule has 1 aromatic rings. The van der Waals surface area contributed by atoms with E-state index >= 15 is 0 Å². The number of nitrogens with zero attached hydrogens (tertiary/aromatic N) is 3. The minimum absolute atomic E-state index is 0.0170. The molecule has 0 aromatic carbocycles. The predicted octanol–water partition coefficient (Wildman–Crippen LogP) is 0.677. The fourth-order valence-corrected chi connectivity index (χ4v) is 3.73. The number of carbonyl (C=O) groups excluding carboxylic acids is 1. The first-order chi connectivity index (χ1) is 9.62. The summed E-state index contributed by atoms with van der Waals surface area (Å²) in [4.78, 5) is 14.0. The van der Waals surface area contributed by atoms with Gasteiger partial charge in [-0.25, -0.2) is 12.7 Å². The number of likely N-dealkylation sites (tertiary alicyclic amines) is 1. The van der Waals surface area contributed by atoms with E-state index in [1.54, 1.807) is 0 Å². The summed E-state index contributed by atoms with van der Waals surface area (Å²) < 4.78 is 25.9. The average Bonchev–Trinajstić information content (AvgIpc) is 2.97. The molecule has 1 aliphatic rings. The Morgan fingerprint density at radius 3 is 2.62 bits per heavy atom. The van der Waals surface area contributed by atoms with Gasteiger partial charge in [0, 0.05) is 38.3 Å². The number of carbonyl (C=O) groups is 1. The number of rotatable bonds is 4. The second kappa shape index (κ2) is 5.42. The third-order valence-corrected chi connectivity index (χ3v) is 5.50. The van der Waals surface area contributed by atoms with Crippen molar-refractivity contribution < 1.29 is 13.2 Å². The minimum atomic E-state index is -3.54. The second-order valence-corrected chi connectivity index (χ2v) is 8.51. The van der Waals surface area contributed by atoms with Crippen molar-refractivity contribution in [1.29, 1.82) is 0 Å². The lowest BCUT2D eigenvalue weighted by atomic mass is 10.1. The molecule has 1 amide bonds. The topological polar surface area (TPSA) is 86.4 Å². The van der Waals surface area contributed by atoms with Crippen LogP contribution in [0.1, 0.15) is 27.2 Å². The average molecular weight is 314 g/mol. The highest BCUT2D eigenvalue weighted by Gasteiger charge is 2.37. The molecule has 1 N–H and O–H groups in total. The lowest BCUT2D eigenvalue weighted by Gasteiger charge is -2.32. The number of hydrogen-bond donors (Lipinski definition) is 1. The summed E-state index contributed by atoms with van der Waals surface area (Å²) in [5.74, 6) is 0.102. The van der Waals surface area contributed by atoms with Crippen LogP contribution in [0, 0.1) is 5.92 Å². The van der Waals surface area contributed by atoms with Gasteiger partial charge in [0.15, 0.2) is 0 Å². The Morgan fingerprint density at radius 1 is 1.48 bits per heavy atom. The van der Waals surface area contributed by atoms with Crippen molar-refractivity contribution in [3.05, 3.63) is 12.4 Å². The van der Waals surface area contributed by atoms with Gasteiger partial charge in [-0.3, -0.25) is 9.89 Å². The molecule has 0 radical (unpaired) electrons. The summed E-state index contributed by atoms with van der Waals surface area (Å²) in [6, 6.07) is 0. The molecule has 1 atom stereocenters. The van der Waals surface area contributed by atoms with Gasteiger partial charge in [-0.05, 0) is 26.7 Å². The molecule has 0 saturated carbocycles. The van der Waals surface area contributed by atoms with Crippen LogP contribution in [0.4, 0.5) is 0 Å². The standard InChI is InChI=1S/C13H22N4O3S/c1-13(2,3)17-9-10(5-12(17)18)8-16(4)21(19,20)11-6-14-15-7-11/h6-7,10H,5,8-9H2,1-4H3,(H,14,15)/t10-/m1/s1. The molecular weight excluding hydrogens is 292 g/mol. The van der Waals surface area contributed by atoms with Crippen LogP contribution in [0.15, 0.2) is 17.3 Å². The molecule has 1 saturated heterocycles. The van der Waals surface area contributed by atoms with Crippen LogP contribution in [0.2, 0.25) is 0 Å². The van der Waals surface area contributed by atoms with Crippen molar-refractivity contribution in [3.63, 3.8) is 0 Å². The predicted molar refractivity (Wildman–Crippen MR) is 78.0 cm³/mol. The summed E-state index contributed by atoms with van der Waals surface area (Å²) in [5, 5.41) is 6.17. The van der Waals surface area contributed by atoms with Crippen molar-refractivity contribution in [2.45, 2.75) is 37.6 Å². The summed E-state index contributed by atoms with van der Waals surface area (Å²) >= 11 is 0. The van der Waals surface area contributed by atoms with E-state index in [0.29, 0.717) is 19.5 Å². The number of aromatic amines is 1. The van der Waals surface area contributed by atoms with Gasteiger partial charge in [-0.15, -0.1) is 0 Å². The molecule has 1 aromatic heterocycles. The van der Waals surface area contributed by atoms with E-state index in [2.05, 4.69) is 10.2 Å². The fourth-order valence-electron chi connectivity index (χ4n) is 2.57. The Balaban J connectivity index is 2.05. The van der Waals surface area contributed by atoms with Crippen LogP contribution in [0.5, 0.6) is 0 Å². The normalized spacial score (nSPS) is 20.5. The summed E-state index contributed by atoms with van der Waals surface area (Å²) in [7, 11) is -2.01. The fraction of sp³-hybridized carbons (Fsp3) is 0.692. The summed E-state index contributed by atoms with van der Waals surface area (Å²) in [5.41, 5.74) is -0.228. The van der Waals surface area contributed by atoms with Gasteiger partial charge in [-0.1, -0.05) is 0 Å². The van der Waals surface area contributed by atoms with Crippen LogP contribution in [-0.2, 0) is 14.8 Å². The van der Waals surface area contributed by atoms with Gasteiger partial charge >= 0.3 is 0 Å². The van der Waals surface area contributed by atoms with E-state index in [9.17, 15) is 13.2 Å². The van der Waals surface area contributed by atoms with Gasteiger partial charge in [0.05, 0.1) is 6.20 Å². The smallest absolute Gasteiger partial charge is 0.245 e. The lowest BCUT2D eigenvalue weighted by Crippen LogP contribution is -2.43. The first-order valence-corrected chi connectivity index (χ1v) is 8.32. The van der Waals surface area contributed by atoms with Crippen molar-refractivity contribution in [2.24, 2.45) is 5.92 Å². The van der Waals surface area contributed by atoms with Gasteiger partial charge < -0.3 is 4.90 Å². The highest BCUT2D eigenvalue weighted by Crippen LogP contribution is 2.27. The third-order valence-electron chi connectivity index (χ3n) is 3.71. The molecule has 1 aliphatic heterocycles. The molecule has 8 heteroatoms. The quantitative estimate of drug-likeness (QED) is 0.885. The van der Waals surface area contributed by atoms with E-state index in [1.165, 1.54) is 23.7 Å². The highest BCUT2D eigenvalue weighted by atomic mass is 32.2. The van der Waals surface area contributed by atoms with Crippen LogP contribution in [-0.4, -0.2) is 59.4 Å². The summed E-state index contributed by atoms with van der Waals surface area (Å²) in [6.45, 7) is 6.87. The van der Waals surface area contributed by atoms with Crippen molar-refractivity contribution in [1.82, 2.24) is 19.4 Å². The Hall–Kier alpha value is -1.41. The van der Waals surface area contributed by atoms with Crippen LogP contribution >= 0.6 is 0 Å². The van der Waals surface area contributed by atoms with Crippen molar-refractivity contribution in [2.75, 3.05) is 20.1 Å². The third kappa shape index (κ3) is 3.26. The van der Waals surface area contributed by atoms with Crippen LogP contribution < -0.4 is 0 Å². The Bertz CT molecular complexity index is 604. The summed E-state index contributed by atoms with van der Waals surface area (Å²) in [6.07, 6.45) is 3.03. The molecule has 1 fully saturated rings. The Kier molecular flexibility index (Phi) is 4.12. The van der Waals surface area contributed by atoms with Gasteiger partial charge in [0.2, 0.25) is 15.9 Å². The Morgan fingerprint density at radius 2 is 2.14 bits per heavy atom. The van der Waals surface area contributed by atoms with Crippen LogP contribution in [0.3, 0.4) is 0 Å². The number of aromatic nitrogens is 2. The molecule has 0 unspecified atom stereocenters. The van der Waals surface area contributed by atoms with Crippen molar-refractivity contribution in [3.8, 4) is 0 Å². The van der Waals surface area contributed by atoms with E-state index in [1.807, 2.05) is 25.7 Å². The molecule has 0 aliphatic carbocycles. The highest BCUT2D eigenvalue weighted by molar-refractivity contribution is 7.89. The molecule has 0 bridgehead atoms. The van der Waals surface area contributed by atoms with Crippen LogP contribution in [0.25, 0.3) is 0 Å². The van der Waals surface area contributed by atoms with E-state index in [0.717, 1.165) is 0 Å². The molecule has 7 nitrogen and oxygen atoms in total. The lowest BCUT2D eigenvalue weighted by molar-refractivity contribution is -0.131. The minimum Gasteiger partial charge on any atom is -0.338 e. The van der Waals surface area contributed by atoms with E-state index < -0.39 is 10.0 Å². The number of nitrogens with one attached hydrogen (secondary N) is 1. The van der Waals surface area contributed by atoms with Gasteiger partial charge in [0.1, 0.15) is 4.90 Å². The SMILES string of the molecule is CN(C[C@H]1CC(=O)N(C(C)(C)C)C1)S(=O)(=O)c1cn[nH]c1. The molecule has 21 heavy (non-hydrogen) atoms. The van der Waals surface area contributed by atoms with Crippen molar-refractivity contribution >= 4 is 15.9 Å². The first kappa shape index (κ1) is 16.0. The van der Waals surface area contributed by atoms with Gasteiger partial charge in [0.25, 0.3) is 0 Å². The number of sulfonamides is 1. The zero-order valence-electron chi connectivity index (χ0n) is 12.8. The molecule has 2 rings (SSSR count). The monoisotopic (exact) mass is 314 g/mol. The number of amides is 1. The largest absolute Gasteiger partial charge is 0.338 e. The maximum absolute atomic E-state index is 12.3. The molecule has 0 spiro atoms. The Labute approximate surface area is 125 Å². The number of hydrogen-bond acceptors (Lipinski definition) is 4. The van der Waals surface area contributed by atoms with E-state index in [-0.39, 0.29) is 22.3 Å². The zero-order chi connectivity index (χ0) is 15.8. The van der Waals surface area contributed by atoms with E-state index in [4.69, 9.17) is 0 Å². The molecular formula is C13H22N4O3S. The maximum atomic E-state index is 12.3. The maximum Gasteiger partial charge on any atom is 0.245 e. The first-order valence-electron chi connectivity index (χ1n) is 6.88. The molecule has 2 heterocycles.